The number of aryl methyl sites for hydroxylation is 1. The number of nitrogens with zero attached hydrogens (tertiary/aromatic N) is 3. The quantitative estimate of drug-likeness (QED) is 0.607. The lowest BCUT2D eigenvalue weighted by atomic mass is 10.2. The van der Waals surface area contributed by atoms with Gasteiger partial charge in [0.25, 0.3) is 5.91 Å². The van der Waals surface area contributed by atoms with Gasteiger partial charge in [-0.2, -0.15) is 0 Å². The SMILES string of the molecule is COc1ccc(CNc2cc(C(=O)NCc3ccccn3)nc(C)n2)cc1OC. The van der Waals surface area contributed by atoms with Gasteiger partial charge in [0, 0.05) is 18.8 Å². The van der Waals surface area contributed by atoms with E-state index >= 15 is 0 Å². The van der Waals surface area contributed by atoms with E-state index in [9.17, 15) is 4.79 Å². The van der Waals surface area contributed by atoms with Gasteiger partial charge in [-0.1, -0.05) is 12.1 Å². The van der Waals surface area contributed by atoms with Crippen LogP contribution in [0.15, 0.2) is 48.7 Å². The van der Waals surface area contributed by atoms with Crippen LogP contribution in [-0.2, 0) is 13.1 Å². The molecule has 2 aromatic heterocycles. The average molecular weight is 393 g/mol. The molecule has 0 aliphatic carbocycles. The summed E-state index contributed by atoms with van der Waals surface area (Å²) in [5.41, 5.74) is 2.06. The number of methoxy groups -OCH3 is 2. The first-order valence-electron chi connectivity index (χ1n) is 9.07. The Morgan fingerprint density at radius 3 is 2.55 bits per heavy atom. The Morgan fingerprint density at radius 1 is 1.00 bits per heavy atom. The highest BCUT2D eigenvalue weighted by molar-refractivity contribution is 5.92. The van der Waals surface area contributed by atoms with E-state index in [1.165, 1.54) is 0 Å². The third kappa shape index (κ3) is 5.41. The van der Waals surface area contributed by atoms with Crippen molar-refractivity contribution < 1.29 is 14.3 Å². The summed E-state index contributed by atoms with van der Waals surface area (Å²) in [6.07, 6.45) is 1.69. The third-order valence-corrected chi connectivity index (χ3v) is 4.15. The van der Waals surface area contributed by atoms with Crippen LogP contribution in [0.25, 0.3) is 0 Å². The van der Waals surface area contributed by atoms with Crippen molar-refractivity contribution in [2.75, 3.05) is 19.5 Å². The summed E-state index contributed by atoms with van der Waals surface area (Å²) in [5, 5.41) is 6.04. The highest BCUT2D eigenvalue weighted by Crippen LogP contribution is 2.27. The van der Waals surface area contributed by atoms with E-state index in [0.29, 0.717) is 41.9 Å². The molecular formula is C21H23N5O3. The second-order valence-corrected chi connectivity index (χ2v) is 6.23. The highest BCUT2D eigenvalue weighted by atomic mass is 16.5. The number of benzene rings is 1. The summed E-state index contributed by atoms with van der Waals surface area (Å²) < 4.78 is 10.6. The molecule has 8 heteroatoms. The van der Waals surface area contributed by atoms with Crippen molar-refractivity contribution in [3.8, 4) is 11.5 Å². The molecule has 0 spiro atoms. The Morgan fingerprint density at radius 2 is 1.83 bits per heavy atom. The van der Waals surface area contributed by atoms with E-state index in [1.54, 1.807) is 33.4 Å². The Kier molecular flexibility index (Phi) is 6.57. The molecule has 150 valence electrons. The molecule has 0 unspecified atom stereocenters. The fourth-order valence-electron chi connectivity index (χ4n) is 2.72. The van der Waals surface area contributed by atoms with E-state index in [4.69, 9.17) is 9.47 Å². The lowest BCUT2D eigenvalue weighted by Gasteiger charge is -2.11. The topological polar surface area (TPSA) is 98.3 Å². The predicted octanol–water partition coefficient (Wildman–Crippen LogP) is 2.74. The predicted molar refractivity (Wildman–Crippen MR) is 109 cm³/mol. The van der Waals surface area contributed by atoms with Gasteiger partial charge in [0.2, 0.25) is 0 Å². The van der Waals surface area contributed by atoms with Crippen molar-refractivity contribution in [1.29, 1.82) is 0 Å². The zero-order valence-electron chi connectivity index (χ0n) is 16.6. The molecule has 29 heavy (non-hydrogen) atoms. The Hall–Kier alpha value is -3.68. The van der Waals surface area contributed by atoms with Crippen LogP contribution in [0, 0.1) is 6.92 Å². The number of pyridine rings is 1. The van der Waals surface area contributed by atoms with Gasteiger partial charge in [0.15, 0.2) is 11.5 Å². The second kappa shape index (κ2) is 9.50. The molecule has 0 bridgehead atoms. The molecule has 0 aliphatic heterocycles. The minimum atomic E-state index is -0.282. The van der Waals surface area contributed by atoms with Crippen molar-refractivity contribution in [3.63, 3.8) is 0 Å². The molecule has 0 fully saturated rings. The maximum Gasteiger partial charge on any atom is 0.270 e. The van der Waals surface area contributed by atoms with Crippen LogP contribution in [0.5, 0.6) is 11.5 Å². The van der Waals surface area contributed by atoms with E-state index in [0.717, 1.165) is 11.3 Å². The number of ether oxygens (including phenoxy) is 2. The summed E-state index contributed by atoms with van der Waals surface area (Å²) in [6.45, 7) is 2.58. The fraction of sp³-hybridized carbons (Fsp3) is 0.238. The molecule has 0 atom stereocenters. The first-order chi connectivity index (χ1) is 14.1. The molecule has 2 N–H and O–H groups in total. The minimum absolute atomic E-state index is 0.282. The molecule has 2 heterocycles. The van der Waals surface area contributed by atoms with Crippen LogP contribution in [-0.4, -0.2) is 35.1 Å². The number of aromatic nitrogens is 3. The first kappa shape index (κ1) is 20.1. The standard InChI is InChI=1S/C21H23N5O3/c1-14-25-17(21(27)24-13-16-6-4-5-9-22-16)11-20(26-14)23-12-15-7-8-18(28-2)19(10-15)29-3/h4-11H,12-13H2,1-3H3,(H,24,27)(H,23,25,26). The van der Waals surface area contributed by atoms with Crippen LogP contribution in [0.4, 0.5) is 5.82 Å². The number of hydrogen-bond acceptors (Lipinski definition) is 7. The molecule has 3 rings (SSSR count). The van der Waals surface area contributed by atoms with Gasteiger partial charge in [-0.25, -0.2) is 9.97 Å². The van der Waals surface area contributed by atoms with E-state index in [1.807, 2.05) is 36.4 Å². The molecular weight excluding hydrogens is 370 g/mol. The second-order valence-electron chi connectivity index (χ2n) is 6.23. The first-order valence-corrected chi connectivity index (χ1v) is 9.07. The Labute approximate surface area is 169 Å². The molecule has 0 saturated heterocycles. The summed E-state index contributed by atoms with van der Waals surface area (Å²) in [5.74, 6) is 2.11. The molecule has 1 amide bonds. The fourth-order valence-corrected chi connectivity index (χ4v) is 2.72. The van der Waals surface area contributed by atoms with Crippen molar-refractivity contribution >= 4 is 11.7 Å². The zero-order chi connectivity index (χ0) is 20.6. The van der Waals surface area contributed by atoms with Gasteiger partial charge in [0.05, 0.1) is 26.5 Å². The minimum Gasteiger partial charge on any atom is -0.493 e. The highest BCUT2D eigenvalue weighted by Gasteiger charge is 2.11. The van der Waals surface area contributed by atoms with E-state index < -0.39 is 0 Å². The lowest BCUT2D eigenvalue weighted by Crippen LogP contribution is -2.25. The van der Waals surface area contributed by atoms with Crippen molar-refractivity contribution in [3.05, 3.63) is 71.4 Å². The number of rotatable bonds is 8. The lowest BCUT2D eigenvalue weighted by molar-refractivity contribution is 0.0945. The van der Waals surface area contributed by atoms with Gasteiger partial charge in [-0.05, 0) is 36.8 Å². The molecule has 3 aromatic rings. The molecule has 0 aliphatic rings. The van der Waals surface area contributed by atoms with E-state index in [-0.39, 0.29) is 5.91 Å². The number of carbonyl (C=O) groups excluding carboxylic acids is 1. The summed E-state index contributed by atoms with van der Waals surface area (Å²) in [6, 6.07) is 12.8. The number of nitrogens with one attached hydrogen (secondary N) is 2. The molecule has 1 aromatic carbocycles. The number of amides is 1. The maximum atomic E-state index is 12.5. The van der Waals surface area contributed by atoms with Gasteiger partial charge in [-0.15, -0.1) is 0 Å². The van der Waals surface area contributed by atoms with Gasteiger partial charge < -0.3 is 20.1 Å². The zero-order valence-corrected chi connectivity index (χ0v) is 16.6. The van der Waals surface area contributed by atoms with Crippen LogP contribution in [0.2, 0.25) is 0 Å². The third-order valence-electron chi connectivity index (χ3n) is 4.15. The number of hydrogen-bond donors (Lipinski definition) is 2. The van der Waals surface area contributed by atoms with E-state index in [2.05, 4.69) is 25.6 Å². The maximum absolute atomic E-state index is 12.5. The summed E-state index contributed by atoms with van der Waals surface area (Å²) in [4.78, 5) is 25.2. The van der Waals surface area contributed by atoms with Crippen LogP contribution in [0.3, 0.4) is 0 Å². The Bertz CT molecular complexity index is 979. The Balaban J connectivity index is 1.66. The molecule has 8 nitrogen and oxygen atoms in total. The molecule has 0 radical (unpaired) electrons. The average Bonchev–Trinajstić information content (AvgIpc) is 2.76. The normalized spacial score (nSPS) is 10.3. The van der Waals surface area contributed by atoms with Crippen molar-refractivity contribution in [2.24, 2.45) is 0 Å². The molecule has 0 saturated carbocycles. The number of anilines is 1. The van der Waals surface area contributed by atoms with Crippen LogP contribution >= 0.6 is 0 Å². The monoisotopic (exact) mass is 393 g/mol. The van der Waals surface area contributed by atoms with Gasteiger partial charge >= 0.3 is 0 Å². The van der Waals surface area contributed by atoms with Crippen LogP contribution < -0.4 is 20.1 Å². The van der Waals surface area contributed by atoms with Crippen LogP contribution in [0.1, 0.15) is 27.6 Å². The number of carbonyl (C=O) groups is 1. The van der Waals surface area contributed by atoms with Crippen molar-refractivity contribution in [1.82, 2.24) is 20.3 Å². The largest absolute Gasteiger partial charge is 0.493 e. The summed E-state index contributed by atoms with van der Waals surface area (Å²) in [7, 11) is 3.19. The van der Waals surface area contributed by atoms with Gasteiger partial charge in [-0.3, -0.25) is 9.78 Å². The summed E-state index contributed by atoms with van der Waals surface area (Å²) >= 11 is 0. The van der Waals surface area contributed by atoms with Gasteiger partial charge in [0.1, 0.15) is 17.3 Å². The smallest absolute Gasteiger partial charge is 0.270 e. The van der Waals surface area contributed by atoms with Crippen molar-refractivity contribution in [2.45, 2.75) is 20.0 Å².